The monoisotopic (exact) mass is 292 g/mol. The third-order valence-electron chi connectivity index (χ3n) is 4.92. The van der Waals surface area contributed by atoms with Gasteiger partial charge in [-0.05, 0) is 51.2 Å². The molecule has 2 atom stereocenters. The van der Waals surface area contributed by atoms with Gasteiger partial charge in [0.25, 0.3) is 0 Å². The second-order valence-corrected chi connectivity index (χ2v) is 7.75. The lowest BCUT2D eigenvalue weighted by atomic mass is 9.85. The molecule has 4 heteroatoms. The van der Waals surface area contributed by atoms with Gasteiger partial charge < -0.3 is 4.90 Å². The molecular formula is C16H24N2OS. The van der Waals surface area contributed by atoms with Gasteiger partial charge in [-0.2, -0.15) is 0 Å². The van der Waals surface area contributed by atoms with Gasteiger partial charge in [-0.15, -0.1) is 11.3 Å². The van der Waals surface area contributed by atoms with E-state index in [-0.39, 0.29) is 12.1 Å². The summed E-state index contributed by atoms with van der Waals surface area (Å²) in [5.41, 5.74) is -0.397. The first kappa shape index (κ1) is 14.1. The van der Waals surface area contributed by atoms with Crippen LogP contribution in [0.15, 0.2) is 12.1 Å². The van der Waals surface area contributed by atoms with E-state index in [1.165, 1.54) is 29.0 Å². The predicted molar refractivity (Wildman–Crippen MR) is 82.7 cm³/mol. The summed E-state index contributed by atoms with van der Waals surface area (Å²) < 4.78 is 0. The third-order valence-corrected chi connectivity index (χ3v) is 5.97. The molecule has 1 aliphatic heterocycles. The zero-order valence-corrected chi connectivity index (χ0v) is 13.4. The number of hydrogen-bond donors (Lipinski definition) is 1. The minimum absolute atomic E-state index is 0.0757. The summed E-state index contributed by atoms with van der Waals surface area (Å²) in [5, 5.41) is 3.59. The lowest BCUT2D eigenvalue weighted by Gasteiger charge is -2.32. The SMILES string of the molecule is CCC1(C)NC(c2ccc(C)s2)N(CC2CCC2)C1=O. The number of amides is 1. The standard InChI is InChI=1S/C16H24N2OS/c1-4-16(3)15(19)18(10-12-6-5-7-12)14(17-16)13-9-8-11(2)20-13/h8-9,12,14,17H,4-7,10H2,1-3H3. The first-order valence-electron chi connectivity index (χ1n) is 7.68. The molecule has 2 fully saturated rings. The van der Waals surface area contributed by atoms with Gasteiger partial charge in [-0.25, -0.2) is 0 Å². The molecule has 2 heterocycles. The first-order chi connectivity index (χ1) is 9.53. The van der Waals surface area contributed by atoms with Crippen molar-refractivity contribution in [2.75, 3.05) is 6.54 Å². The number of hydrogen-bond acceptors (Lipinski definition) is 3. The van der Waals surface area contributed by atoms with Gasteiger partial charge in [0.05, 0.1) is 5.54 Å². The van der Waals surface area contributed by atoms with Crippen LogP contribution in [0, 0.1) is 12.8 Å². The quantitative estimate of drug-likeness (QED) is 0.922. The van der Waals surface area contributed by atoms with E-state index in [1.54, 1.807) is 11.3 Å². The van der Waals surface area contributed by atoms with Crippen LogP contribution in [0.25, 0.3) is 0 Å². The molecule has 2 unspecified atom stereocenters. The fourth-order valence-electron chi connectivity index (χ4n) is 3.10. The second kappa shape index (κ2) is 5.15. The summed E-state index contributed by atoms with van der Waals surface area (Å²) in [4.78, 5) is 17.5. The van der Waals surface area contributed by atoms with Crippen molar-refractivity contribution in [3.8, 4) is 0 Å². The van der Waals surface area contributed by atoms with Crippen LogP contribution in [0.1, 0.15) is 55.5 Å². The molecule has 2 aliphatic rings. The van der Waals surface area contributed by atoms with E-state index in [0.29, 0.717) is 5.92 Å². The van der Waals surface area contributed by atoms with Gasteiger partial charge in [-0.1, -0.05) is 13.3 Å². The molecule has 0 aromatic carbocycles. The molecule has 1 amide bonds. The van der Waals surface area contributed by atoms with E-state index in [2.05, 4.69) is 36.2 Å². The minimum Gasteiger partial charge on any atom is -0.320 e. The number of thiophene rings is 1. The second-order valence-electron chi connectivity index (χ2n) is 6.44. The van der Waals surface area contributed by atoms with Crippen molar-refractivity contribution in [2.45, 2.75) is 58.2 Å². The largest absolute Gasteiger partial charge is 0.320 e. The van der Waals surface area contributed by atoms with Crippen LogP contribution < -0.4 is 5.32 Å². The summed E-state index contributed by atoms with van der Waals surface area (Å²) in [5.74, 6) is 0.992. The average Bonchev–Trinajstić information content (AvgIpc) is 2.90. The molecule has 1 N–H and O–H groups in total. The van der Waals surface area contributed by atoms with Crippen molar-refractivity contribution in [3.05, 3.63) is 21.9 Å². The van der Waals surface area contributed by atoms with E-state index in [1.807, 2.05) is 6.92 Å². The molecule has 1 aliphatic carbocycles. The number of rotatable bonds is 4. The maximum Gasteiger partial charge on any atom is 0.244 e. The topological polar surface area (TPSA) is 32.3 Å². The highest BCUT2D eigenvalue weighted by Gasteiger charge is 2.48. The molecule has 1 saturated carbocycles. The Morgan fingerprint density at radius 2 is 2.20 bits per heavy atom. The molecule has 0 radical (unpaired) electrons. The molecule has 0 bridgehead atoms. The molecule has 3 nitrogen and oxygen atoms in total. The first-order valence-corrected chi connectivity index (χ1v) is 8.50. The van der Waals surface area contributed by atoms with Crippen LogP contribution in [-0.2, 0) is 4.79 Å². The molecule has 1 aromatic heterocycles. The highest BCUT2D eigenvalue weighted by atomic mass is 32.1. The number of carbonyl (C=O) groups excluding carboxylic acids is 1. The van der Waals surface area contributed by atoms with Crippen LogP contribution in [0.4, 0.5) is 0 Å². The van der Waals surface area contributed by atoms with Gasteiger partial charge in [0.15, 0.2) is 0 Å². The Morgan fingerprint density at radius 1 is 1.45 bits per heavy atom. The van der Waals surface area contributed by atoms with Gasteiger partial charge >= 0.3 is 0 Å². The number of nitrogens with zero attached hydrogens (tertiary/aromatic N) is 1. The van der Waals surface area contributed by atoms with Gasteiger partial charge in [0, 0.05) is 16.3 Å². The maximum absolute atomic E-state index is 12.8. The Morgan fingerprint density at radius 3 is 2.70 bits per heavy atom. The fraction of sp³-hybridized carbons (Fsp3) is 0.688. The van der Waals surface area contributed by atoms with Crippen molar-refractivity contribution in [2.24, 2.45) is 5.92 Å². The predicted octanol–water partition coefficient (Wildman–Crippen LogP) is 3.46. The lowest BCUT2D eigenvalue weighted by Crippen LogP contribution is -2.43. The van der Waals surface area contributed by atoms with Crippen molar-refractivity contribution >= 4 is 17.2 Å². The number of nitrogens with one attached hydrogen (secondary N) is 1. The Bertz CT molecular complexity index is 508. The maximum atomic E-state index is 12.8. The smallest absolute Gasteiger partial charge is 0.244 e. The Labute approximate surface area is 125 Å². The van der Waals surface area contributed by atoms with Crippen molar-refractivity contribution < 1.29 is 4.79 Å². The van der Waals surface area contributed by atoms with Crippen molar-refractivity contribution in [1.29, 1.82) is 0 Å². The highest BCUT2D eigenvalue weighted by molar-refractivity contribution is 7.12. The van der Waals surface area contributed by atoms with Crippen LogP contribution in [0.3, 0.4) is 0 Å². The zero-order valence-electron chi connectivity index (χ0n) is 12.6. The Kier molecular flexibility index (Phi) is 3.63. The molecule has 3 rings (SSSR count). The lowest BCUT2D eigenvalue weighted by molar-refractivity contribution is -0.134. The van der Waals surface area contributed by atoms with E-state index in [4.69, 9.17) is 0 Å². The van der Waals surface area contributed by atoms with Crippen molar-refractivity contribution in [1.82, 2.24) is 10.2 Å². The van der Waals surface area contributed by atoms with Crippen LogP contribution >= 0.6 is 11.3 Å². The molecule has 0 spiro atoms. The normalized spacial score (nSPS) is 30.9. The zero-order chi connectivity index (χ0) is 14.3. The van der Waals surface area contributed by atoms with E-state index >= 15 is 0 Å². The average molecular weight is 292 g/mol. The van der Waals surface area contributed by atoms with Crippen LogP contribution in [0.5, 0.6) is 0 Å². The molecular weight excluding hydrogens is 268 g/mol. The molecule has 1 saturated heterocycles. The fourth-order valence-corrected chi connectivity index (χ4v) is 4.04. The summed E-state index contributed by atoms with van der Waals surface area (Å²) in [6.07, 6.45) is 4.81. The summed E-state index contributed by atoms with van der Waals surface area (Å²) in [7, 11) is 0. The molecule has 20 heavy (non-hydrogen) atoms. The molecule has 1 aromatic rings. The summed E-state index contributed by atoms with van der Waals surface area (Å²) in [6, 6.07) is 4.31. The molecule has 110 valence electrons. The van der Waals surface area contributed by atoms with Gasteiger partial charge in [-0.3, -0.25) is 10.1 Å². The summed E-state index contributed by atoms with van der Waals surface area (Å²) >= 11 is 1.80. The van der Waals surface area contributed by atoms with E-state index in [0.717, 1.165) is 13.0 Å². The van der Waals surface area contributed by atoms with Gasteiger partial charge in [0.1, 0.15) is 6.17 Å². The van der Waals surface area contributed by atoms with Crippen LogP contribution in [0.2, 0.25) is 0 Å². The summed E-state index contributed by atoms with van der Waals surface area (Å²) in [6.45, 7) is 7.18. The van der Waals surface area contributed by atoms with E-state index in [9.17, 15) is 4.79 Å². The Hall–Kier alpha value is -0.870. The number of aryl methyl sites for hydroxylation is 1. The minimum atomic E-state index is -0.397. The van der Waals surface area contributed by atoms with E-state index < -0.39 is 5.54 Å². The Balaban J connectivity index is 1.86. The van der Waals surface area contributed by atoms with Gasteiger partial charge in [0.2, 0.25) is 5.91 Å². The highest BCUT2D eigenvalue weighted by Crippen LogP contribution is 2.38. The van der Waals surface area contributed by atoms with Crippen molar-refractivity contribution in [3.63, 3.8) is 0 Å². The third kappa shape index (κ3) is 2.29. The number of carbonyl (C=O) groups is 1. The van der Waals surface area contributed by atoms with Crippen LogP contribution in [-0.4, -0.2) is 22.9 Å².